The van der Waals surface area contributed by atoms with Crippen molar-refractivity contribution >= 4 is 17.5 Å². The molecule has 4 nitrogen and oxygen atoms in total. The predicted octanol–water partition coefficient (Wildman–Crippen LogP) is 4.50. The minimum atomic E-state index is -0.311. The molecule has 2 amide bonds. The number of carbonyl (C=O) groups is 2. The Hall–Kier alpha value is -2.69. The Balaban J connectivity index is 1.46. The molecular formula is C23H27FN2O2. The van der Waals surface area contributed by atoms with Gasteiger partial charge in [-0.3, -0.25) is 9.59 Å². The van der Waals surface area contributed by atoms with Crippen LogP contribution in [0.4, 0.5) is 10.1 Å². The second-order valence-corrected chi connectivity index (χ2v) is 7.65. The predicted molar refractivity (Wildman–Crippen MR) is 108 cm³/mol. The zero-order chi connectivity index (χ0) is 20.1. The molecule has 28 heavy (non-hydrogen) atoms. The Morgan fingerprint density at radius 1 is 0.929 bits per heavy atom. The van der Waals surface area contributed by atoms with Crippen molar-refractivity contribution in [2.24, 2.45) is 11.8 Å². The zero-order valence-electron chi connectivity index (χ0n) is 16.4. The molecule has 2 aromatic carbocycles. The topological polar surface area (TPSA) is 58.2 Å². The van der Waals surface area contributed by atoms with Crippen molar-refractivity contribution in [3.63, 3.8) is 0 Å². The van der Waals surface area contributed by atoms with Crippen molar-refractivity contribution in [1.82, 2.24) is 5.32 Å². The van der Waals surface area contributed by atoms with Crippen molar-refractivity contribution < 1.29 is 14.0 Å². The van der Waals surface area contributed by atoms with E-state index in [0.717, 1.165) is 11.3 Å². The van der Waals surface area contributed by atoms with E-state index in [1.54, 1.807) is 18.2 Å². The molecule has 0 bridgehead atoms. The highest BCUT2D eigenvalue weighted by Crippen LogP contribution is 2.30. The number of nitrogens with one attached hydrogen (secondary N) is 2. The molecule has 0 atom stereocenters. The summed E-state index contributed by atoms with van der Waals surface area (Å²) >= 11 is 0. The Kier molecular flexibility index (Phi) is 6.45. The molecule has 0 heterocycles. The van der Waals surface area contributed by atoms with Crippen LogP contribution in [0.5, 0.6) is 0 Å². The normalized spacial score (nSPS) is 19.1. The van der Waals surface area contributed by atoms with Crippen LogP contribution in [0.3, 0.4) is 0 Å². The van der Waals surface area contributed by atoms with Crippen molar-refractivity contribution in [3.05, 3.63) is 65.0 Å². The fraction of sp³-hybridized carbons (Fsp3) is 0.391. The first-order chi connectivity index (χ1) is 13.4. The fourth-order valence-corrected chi connectivity index (χ4v) is 3.65. The number of halogens is 1. The molecule has 5 heteroatoms. The van der Waals surface area contributed by atoms with Gasteiger partial charge in [0.15, 0.2) is 0 Å². The average molecular weight is 382 g/mol. The largest absolute Gasteiger partial charge is 0.352 e. The summed E-state index contributed by atoms with van der Waals surface area (Å²) in [7, 11) is 0. The van der Waals surface area contributed by atoms with Gasteiger partial charge >= 0.3 is 0 Å². The molecule has 0 saturated heterocycles. The van der Waals surface area contributed by atoms with E-state index in [0.29, 0.717) is 31.2 Å². The van der Waals surface area contributed by atoms with E-state index >= 15 is 0 Å². The van der Waals surface area contributed by atoms with Crippen LogP contribution in [0.2, 0.25) is 0 Å². The van der Waals surface area contributed by atoms with Gasteiger partial charge in [0.2, 0.25) is 11.8 Å². The molecule has 0 spiro atoms. The molecule has 2 aromatic rings. The lowest BCUT2D eigenvalue weighted by atomic mass is 9.81. The smallest absolute Gasteiger partial charge is 0.227 e. The monoisotopic (exact) mass is 382 g/mol. The lowest BCUT2D eigenvalue weighted by Gasteiger charge is -2.27. The van der Waals surface area contributed by atoms with Gasteiger partial charge in [-0.1, -0.05) is 24.3 Å². The van der Waals surface area contributed by atoms with Gasteiger partial charge in [0.1, 0.15) is 5.82 Å². The Morgan fingerprint density at radius 2 is 1.57 bits per heavy atom. The van der Waals surface area contributed by atoms with Crippen LogP contribution in [-0.2, 0) is 16.1 Å². The van der Waals surface area contributed by atoms with E-state index in [1.165, 1.54) is 11.6 Å². The van der Waals surface area contributed by atoms with Crippen LogP contribution in [0.25, 0.3) is 0 Å². The minimum absolute atomic E-state index is 0.0217. The molecule has 0 radical (unpaired) electrons. The number of hydrogen-bond acceptors (Lipinski definition) is 2. The summed E-state index contributed by atoms with van der Waals surface area (Å²) in [6.07, 6.45) is 2.73. The molecule has 0 aromatic heterocycles. The summed E-state index contributed by atoms with van der Waals surface area (Å²) < 4.78 is 13.7. The van der Waals surface area contributed by atoms with E-state index in [4.69, 9.17) is 0 Å². The van der Waals surface area contributed by atoms with Gasteiger partial charge in [0.25, 0.3) is 0 Å². The summed E-state index contributed by atoms with van der Waals surface area (Å²) in [5.41, 5.74) is 3.64. The third kappa shape index (κ3) is 4.97. The van der Waals surface area contributed by atoms with Gasteiger partial charge in [-0.15, -0.1) is 0 Å². The quantitative estimate of drug-likeness (QED) is 0.800. The molecule has 2 N–H and O–H groups in total. The maximum atomic E-state index is 13.7. The number of amides is 2. The summed E-state index contributed by atoms with van der Waals surface area (Å²) in [4.78, 5) is 24.9. The van der Waals surface area contributed by atoms with Crippen molar-refractivity contribution in [1.29, 1.82) is 0 Å². The maximum Gasteiger partial charge on any atom is 0.227 e. The number of hydrogen-bond donors (Lipinski definition) is 2. The summed E-state index contributed by atoms with van der Waals surface area (Å²) in [6, 6.07) is 12.3. The van der Waals surface area contributed by atoms with Crippen LogP contribution in [-0.4, -0.2) is 11.8 Å². The molecule has 148 valence electrons. The maximum absolute atomic E-state index is 13.7. The first-order valence-electron chi connectivity index (χ1n) is 9.83. The first kappa shape index (κ1) is 20.1. The second kappa shape index (κ2) is 9.00. The molecule has 1 aliphatic rings. The van der Waals surface area contributed by atoms with E-state index in [1.807, 2.05) is 32.0 Å². The number of rotatable bonds is 5. The van der Waals surface area contributed by atoms with Gasteiger partial charge in [0, 0.05) is 29.6 Å². The fourth-order valence-electron chi connectivity index (χ4n) is 3.65. The average Bonchev–Trinajstić information content (AvgIpc) is 2.70. The van der Waals surface area contributed by atoms with Crippen molar-refractivity contribution in [3.8, 4) is 0 Å². The highest BCUT2D eigenvalue weighted by molar-refractivity contribution is 5.93. The SMILES string of the molecule is Cc1ccc(NC(=O)C2CCC(C(=O)NCc3ccccc3F)CC2)cc1C. The van der Waals surface area contributed by atoms with Crippen LogP contribution in [0, 0.1) is 31.5 Å². The number of carbonyl (C=O) groups excluding carboxylic acids is 2. The van der Waals surface area contributed by atoms with E-state index in [2.05, 4.69) is 10.6 Å². The lowest BCUT2D eigenvalue weighted by molar-refractivity contribution is -0.128. The van der Waals surface area contributed by atoms with Gasteiger partial charge < -0.3 is 10.6 Å². The molecule has 0 unspecified atom stereocenters. The molecule has 0 aliphatic heterocycles. The molecule has 1 fully saturated rings. The van der Waals surface area contributed by atoms with Gasteiger partial charge in [-0.2, -0.15) is 0 Å². The third-order valence-corrected chi connectivity index (χ3v) is 5.65. The Morgan fingerprint density at radius 3 is 2.21 bits per heavy atom. The van der Waals surface area contributed by atoms with E-state index < -0.39 is 0 Å². The van der Waals surface area contributed by atoms with E-state index in [9.17, 15) is 14.0 Å². The minimum Gasteiger partial charge on any atom is -0.352 e. The standard InChI is InChI=1S/C23H27FN2O2/c1-15-7-12-20(13-16(15)2)26-23(28)18-10-8-17(9-11-18)22(27)25-14-19-5-3-4-6-21(19)24/h3-7,12-13,17-18H,8-11,14H2,1-2H3,(H,25,27)(H,26,28). The van der Waals surface area contributed by atoms with E-state index in [-0.39, 0.29) is 36.0 Å². The van der Waals surface area contributed by atoms with Crippen LogP contribution < -0.4 is 10.6 Å². The summed E-state index contributed by atoms with van der Waals surface area (Å²) in [5.74, 6) is -0.533. The zero-order valence-corrected chi connectivity index (χ0v) is 16.4. The Labute approximate surface area is 165 Å². The van der Waals surface area contributed by atoms with Crippen LogP contribution in [0.1, 0.15) is 42.4 Å². The van der Waals surface area contributed by atoms with Crippen LogP contribution >= 0.6 is 0 Å². The number of benzene rings is 2. The van der Waals surface area contributed by atoms with Gasteiger partial charge in [0.05, 0.1) is 0 Å². The summed E-state index contributed by atoms with van der Waals surface area (Å²) in [6.45, 7) is 4.26. The molecule has 1 saturated carbocycles. The van der Waals surface area contributed by atoms with Crippen molar-refractivity contribution in [2.45, 2.75) is 46.1 Å². The third-order valence-electron chi connectivity index (χ3n) is 5.65. The molecular weight excluding hydrogens is 355 g/mol. The number of anilines is 1. The van der Waals surface area contributed by atoms with Gasteiger partial charge in [-0.05, 0) is 68.9 Å². The lowest BCUT2D eigenvalue weighted by Crippen LogP contribution is -2.35. The summed E-state index contributed by atoms with van der Waals surface area (Å²) in [5, 5.41) is 5.82. The van der Waals surface area contributed by atoms with Crippen LogP contribution in [0.15, 0.2) is 42.5 Å². The van der Waals surface area contributed by atoms with Gasteiger partial charge in [-0.25, -0.2) is 4.39 Å². The van der Waals surface area contributed by atoms with Crippen molar-refractivity contribution in [2.75, 3.05) is 5.32 Å². The molecule has 1 aliphatic carbocycles. The highest BCUT2D eigenvalue weighted by Gasteiger charge is 2.30. The number of aryl methyl sites for hydroxylation is 2. The second-order valence-electron chi connectivity index (χ2n) is 7.65. The Bertz CT molecular complexity index is 857. The highest BCUT2D eigenvalue weighted by atomic mass is 19.1. The first-order valence-corrected chi connectivity index (χ1v) is 9.83. The molecule has 3 rings (SSSR count).